The average molecular weight is 350 g/mol. The zero-order chi connectivity index (χ0) is 18.3. The Labute approximate surface area is 152 Å². The second kappa shape index (κ2) is 4.85. The normalized spacial score (nSPS) is 49.0. The van der Waals surface area contributed by atoms with Crippen LogP contribution in [0, 0.1) is 35.0 Å². The Hall–Kier alpha value is -1.96. The van der Waals surface area contributed by atoms with Crippen LogP contribution in [0.25, 0.3) is 0 Å². The van der Waals surface area contributed by atoms with Gasteiger partial charge in [-0.25, -0.2) is 0 Å². The Kier molecular flexibility index (Phi) is 3.03. The molecule has 1 spiro atoms. The molecule has 134 valence electrons. The van der Waals surface area contributed by atoms with E-state index in [2.05, 4.69) is 5.92 Å². The van der Waals surface area contributed by atoms with Crippen LogP contribution in [0.1, 0.15) is 37.7 Å². The number of carbonyl (C=O) groups is 2. The van der Waals surface area contributed by atoms with Crippen molar-refractivity contribution >= 4 is 11.6 Å². The fourth-order valence-electron chi connectivity index (χ4n) is 7.42. The molecule has 0 aromatic heterocycles. The molecule has 5 atom stereocenters. The molecular formula is C22H22O4. The van der Waals surface area contributed by atoms with Gasteiger partial charge in [-0.2, -0.15) is 0 Å². The summed E-state index contributed by atoms with van der Waals surface area (Å²) in [6, 6.07) is 9.29. The van der Waals surface area contributed by atoms with Crippen molar-refractivity contribution in [2.45, 2.75) is 49.7 Å². The highest BCUT2D eigenvalue weighted by atomic mass is 16.3. The first-order chi connectivity index (χ1) is 12.4. The van der Waals surface area contributed by atoms with Crippen LogP contribution < -0.4 is 0 Å². The Morgan fingerprint density at radius 2 is 1.50 bits per heavy atom. The fourth-order valence-corrected chi connectivity index (χ4v) is 7.42. The molecule has 5 aliphatic carbocycles. The van der Waals surface area contributed by atoms with Gasteiger partial charge in [0.1, 0.15) is 12.2 Å². The molecule has 5 fully saturated rings. The van der Waals surface area contributed by atoms with E-state index in [1.165, 1.54) is 0 Å². The van der Waals surface area contributed by atoms with Crippen molar-refractivity contribution in [3.63, 3.8) is 0 Å². The summed E-state index contributed by atoms with van der Waals surface area (Å²) in [4.78, 5) is 27.1. The summed E-state index contributed by atoms with van der Waals surface area (Å²) in [7, 11) is 0. The highest BCUT2D eigenvalue weighted by molar-refractivity contribution is 6.11. The number of terminal acetylenes is 1. The molecule has 4 heteroatoms. The third kappa shape index (κ3) is 1.49. The molecule has 26 heavy (non-hydrogen) atoms. The number of aliphatic hydroxyl groups is 2. The van der Waals surface area contributed by atoms with Crippen LogP contribution in [0.4, 0.5) is 0 Å². The number of hydrogen-bond acceptors (Lipinski definition) is 4. The minimum absolute atomic E-state index is 0.301. The number of hydrogen-bond donors (Lipinski definition) is 2. The number of Topliss-reactive ketones (excluding diaryl/α,β-unsaturated/α-hetero) is 2. The van der Waals surface area contributed by atoms with E-state index in [1.54, 1.807) is 0 Å². The van der Waals surface area contributed by atoms with E-state index >= 15 is 0 Å². The van der Waals surface area contributed by atoms with E-state index in [1.807, 2.05) is 30.3 Å². The van der Waals surface area contributed by atoms with E-state index in [4.69, 9.17) is 6.42 Å². The van der Waals surface area contributed by atoms with Crippen molar-refractivity contribution in [1.29, 1.82) is 0 Å². The maximum absolute atomic E-state index is 13.7. The van der Waals surface area contributed by atoms with Gasteiger partial charge in [0.15, 0.2) is 11.6 Å². The number of rotatable bonds is 1. The molecule has 2 N–H and O–H groups in total. The monoisotopic (exact) mass is 350 g/mol. The third-order valence-electron chi connectivity index (χ3n) is 7.81. The Bertz CT molecular complexity index is 837. The van der Waals surface area contributed by atoms with E-state index in [-0.39, 0.29) is 5.78 Å². The second-order valence-corrected chi connectivity index (χ2v) is 8.83. The first-order valence-corrected chi connectivity index (χ1v) is 9.40. The quantitative estimate of drug-likeness (QED) is 0.755. The number of carbonyl (C=O) groups excluding carboxylic acids is 2. The fraction of sp³-hybridized carbons (Fsp3) is 0.545. The average Bonchev–Trinajstić information content (AvgIpc) is 2.65. The van der Waals surface area contributed by atoms with Gasteiger partial charge in [-0.05, 0) is 49.5 Å². The van der Waals surface area contributed by atoms with Crippen molar-refractivity contribution < 1.29 is 19.8 Å². The molecule has 6 rings (SSSR count). The van der Waals surface area contributed by atoms with E-state index in [9.17, 15) is 19.8 Å². The van der Waals surface area contributed by atoms with E-state index in [0.717, 1.165) is 12.0 Å². The van der Waals surface area contributed by atoms with Gasteiger partial charge < -0.3 is 10.2 Å². The molecule has 0 heterocycles. The van der Waals surface area contributed by atoms with E-state index in [0.29, 0.717) is 37.5 Å². The number of benzene rings is 1. The summed E-state index contributed by atoms with van der Waals surface area (Å²) in [5.41, 5.74) is -2.28. The Morgan fingerprint density at radius 3 is 2.08 bits per heavy atom. The highest BCUT2D eigenvalue weighted by Crippen LogP contribution is 2.75. The first kappa shape index (κ1) is 16.2. The van der Waals surface area contributed by atoms with Crippen LogP contribution in [-0.2, 0) is 15.0 Å². The predicted molar refractivity (Wildman–Crippen MR) is 93.9 cm³/mol. The number of aliphatic hydroxyl groups excluding tert-OH is 2. The third-order valence-corrected chi connectivity index (χ3v) is 7.81. The molecule has 0 amide bonds. The van der Waals surface area contributed by atoms with Crippen molar-refractivity contribution in [3.05, 3.63) is 35.9 Å². The summed E-state index contributed by atoms with van der Waals surface area (Å²) in [6.07, 6.45) is 6.33. The summed E-state index contributed by atoms with van der Waals surface area (Å²) in [5.74, 6) is 2.71. The first-order valence-electron chi connectivity index (χ1n) is 9.40. The SMILES string of the molecule is C#CC12CC3CC(C1)CC1(C3)C(=O)C(O)C(O)C(=O)C21c1ccccc1. The maximum Gasteiger partial charge on any atom is 0.177 e. The lowest BCUT2D eigenvalue weighted by molar-refractivity contribution is -0.211. The minimum Gasteiger partial charge on any atom is -0.382 e. The van der Waals surface area contributed by atoms with Crippen LogP contribution in [0.15, 0.2) is 30.3 Å². The van der Waals surface area contributed by atoms with Crippen LogP contribution in [-0.4, -0.2) is 34.0 Å². The van der Waals surface area contributed by atoms with Crippen LogP contribution >= 0.6 is 0 Å². The molecule has 4 bridgehead atoms. The van der Waals surface area contributed by atoms with Crippen molar-refractivity contribution in [3.8, 4) is 12.3 Å². The lowest BCUT2D eigenvalue weighted by Gasteiger charge is -2.71. The largest absolute Gasteiger partial charge is 0.382 e. The molecule has 4 nitrogen and oxygen atoms in total. The molecule has 0 radical (unpaired) electrons. The maximum atomic E-state index is 13.7. The van der Waals surface area contributed by atoms with Gasteiger partial charge >= 0.3 is 0 Å². The minimum atomic E-state index is -1.71. The summed E-state index contributed by atoms with van der Waals surface area (Å²) < 4.78 is 0. The summed E-state index contributed by atoms with van der Waals surface area (Å²) in [6.45, 7) is 0. The van der Waals surface area contributed by atoms with Gasteiger partial charge in [0.2, 0.25) is 0 Å². The van der Waals surface area contributed by atoms with Gasteiger partial charge in [0.05, 0.1) is 10.8 Å². The zero-order valence-corrected chi connectivity index (χ0v) is 14.5. The molecule has 0 saturated heterocycles. The van der Waals surface area contributed by atoms with Crippen LogP contribution in [0.5, 0.6) is 0 Å². The molecule has 0 aliphatic heterocycles. The standard InChI is InChI=1S/C22H22O4/c1-2-20-9-13-8-14(10-20)12-21(11-13)18(25)16(23)17(24)19(26)22(20,21)15-6-4-3-5-7-15/h1,3-7,13-14,16-17,23-24H,8-12H2. The lowest BCUT2D eigenvalue weighted by atomic mass is 9.28. The van der Waals surface area contributed by atoms with Gasteiger partial charge in [0.25, 0.3) is 0 Å². The lowest BCUT2D eigenvalue weighted by Crippen LogP contribution is -2.79. The molecule has 1 aromatic rings. The summed E-state index contributed by atoms with van der Waals surface area (Å²) in [5, 5.41) is 20.9. The van der Waals surface area contributed by atoms with Crippen molar-refractivity contribution in [1.82, 2.24) is 0 Å². The molecule has 5 unspecified atom stereocenters. The van der Waals surface area contributed by atoms with Crippen molar-refractivity contribution in [2.75, 3.05) is 0 Å². The van der Waals surface area contributed by atoms with Gasteiger partial charge in [-0.1, -0.05) is 36.3 Å². The molecule has 5 aliphatic rings. The molecular weight excluding hydrogens is 328 g/mol. The second-order valence-electron chi connectivity index (χ2n) is 8.83. The molecule has 1 aromatic carbocycles. The smallest absolute Gasteiger partial charge is 0.177 e. The van der Waals surface area contributed by atoms with Crippen LogP contribution in [0.3, 0.4) is 0 Å². The van der Waals surface area contributed by atoms with Crippen molar-refractivity contribution in [2.24, 2.45) is 22.7 Å². The Balaban J connectivity index is 1.90. The summed E-state index contributed by atoms with van der Waals surface area (Å²) >= 11 is 0. The van der Waals surface area contributed by atoms with Gasteiger partial charge in [-0.15, -0.1) is 6.42 Å². The molecule has 5 saturated carbocycles. The van der Waals surface area contributed by atoms with Gasteiger partial charge in [0, 0.05) is 5.41 Å². The predicted octanol–water partition coefficient (Wildman–Crippen LogP) is 1.63. The highest BCUT2D eigenvalue weighted by Gasteiger charge is 2.80. The number of ketones is 2. The van der Waals surface area contributed by atoms with Crippen LogP contribution in [0.2, 0.25) is 0 Å². The topological polar surface area (TPSA) is 74.6 Å². The van der Waals surface area contributed by atoms with E-state index < -0.39 is 34.2 Å². The van der Waals surface area contributed by atoms with Gasteiger partial charge in [-0.3, -0.25) is 9.59 Å². The Morgan fingerprint density at radius 1 is 0.923 bits per heavy atom. The zero-order valence-electron chi connectivity index (χ0n) is 14.5.